The Bertz CT molecular complexity index is 3070. The van der Waals surface area contributed by atoms with E-state index in [0.29, 0.717) is 48.8 Å². The summed E-state index contributed by atoms with van der Waals surface area (Å²) in [6, 6.07) is 16.4. The zero-order valence-corrected chi connectivity index (χ0v) is 51.7. The number of ether oxygens (including phenoxy) is 8. The van der Waals surface area contributed by atoms with Crippen molar-refractivity contribution in [3.05, 3.63) is 94.1 Å². The lowest BCUT2D eigenvalue weighted by molar-refractivity contribution is -0.346. The molecule has 88 heavy (non-hydrogen) atoms. The molecule has 0 amide bonds. The first kappa shape index (κ1) is 63.4. The molecular weight excluding hydrogens is 1140 g/mol. The summed E-state index contributed by atoms with van der Waals surface area (Å²) in [5.74, 6) is -8.66. The van der Waals surface area contributed by atoms with Crippen LogP contribution in [0.5, 0.6) is 0 Å². The number of esters is 6. The van der Waals surface area contributed by atoms with E-state index in [2.05, 4.69) is 0 Å². The van der Waals surface area contributed by atoms with Crippen LogP contribution in [0.1, 0.15) is 148 Å². The van der Waals surface area contributed by atoms with Gasteiger partial charge in [-0.15, -0.1) is 0 Å². The first-order valence-corrected chi connectivity index (χ1v) is 30.7. The monoisotopic (exact) mass is 1220 g/mol. The number of rotatable bonds is 10. The first-order chi connectivity index (χ1) is 41.2. The molecule has 4 bridgehead atoms. The Kier molecular flexibility index (Phi) is 15.7. The standard InChI is InChI=1S/C34H42O10.C33H40O11/c1-17-14-23-33(16-41-23,44-19(3)35)26-28(43-30(39)20-10-8-7-9-11-20)34(40)15-22(36)18(2)24(31(34,4)5)25(27(37)32(17,26)6)42-29(38)21-12-13-21;1-16-20(35)14-33(40)27(43-29(39)18-9-7-6-8-10-18)25-31(5,21(36)13-22-32(25,15-41-22)44-17(2)34)26(37)24(23(16)30(33,3)4)42-28(38)19-11-12-19/h7-11,17,21-23,25-26,28,36,40H,12-16H2,1-6H3;6-10,19-22,24-25,27,35-36,40H,11-15H2,1-5H3/t17-,22-,23+,25+,26?,28-,32+,33-,34+;20-,21-,22+,24+,25?,27-,31+,32-,33+/m00/s1. The summed E-state index contributed by atoms with van der Waals surface area (Å²) < 4.78 is 48.4. The molecule has 21 nitrogen and oxygen atoms in total. The maximum absolute atomic E-state index is 15.2. The lowest BCUT2D eigenvalue weighted by Gasteiger charge is -2.68. The third-order valence-corrected chi connectivity index (χ3v) is 22.6. The van der Waals surface area contributed by atoms with E-state index >= 15 is 9.59 Å². The van der Waals surface area contributed by atoms with Crippen molar-refractivity contribution < 1.29 is 102 Å². The average Bonchev–Trinajstić information content (AvgIpc) is 1.68. The van der Waals surface area contributed by atoms with Gasteiger partial charge in [-0.2, -0.15) is 0 Å². The molecule has 2 unspecified atom stereocenters. The van der Waals surface area contributed by atoms with Crippen molar-refractivity contribution in [1.82, 2.24) is 0 Å². The minimum absolute atomic E-state index is 0.0792. The van der Waals surface area contributed by atoms with Gasteiger partial charge in [-0.1, -0.05) is 77.9 Å². The summed E-state index contributed by atoms with van der Waals surface area (Å²) in [6.07, 6.45) is -9.24. The van der Waals surface area contributed by atoms with Crippen LogP contribution in [-0.4, -0.2) is 163 Å². The highest BCUT2D eigenvalue weighted by Crippen LogP contribution is 2.67. The van der Waals surface area contributed by atoms with Gasteiger partial charge in [-0.05, 0) is 105 Å². The Morgan fingerprint density at radius 3 is 1.25 bits per heavy atom. The molecule has 21 heteroatoms. The zero-order valence-electron chi connectivity index (χ0n) is 51.7. The van der Waals surface area contributed by atoms with E-state index in [1.54, 1.807) is 97.0 Å². The second-order valence-electron chi connectivity index (χ2n) is 28.1. The number of hydrogen-bond donors (Lipinski definition) is 5. The van der Waals surface area contributed by atoms with Gasteiger partial charge in [0.05, 0.1) is 71.7 Å². The highest BCUT2D eigenvalue weighted by molar-refractivity contribution is 5.97. The summed E-state index contributed by atoms with van der Waals surface area (Å²) in [4.78, 5) is 110. The van der Waals surface area contributed by atoms with Crippen molar-refractivity contribution >= 4 is 47.4 Å². The van der Waals surface area contributed by atoms with Crippen LogP contribution in [0.3, 0.4) is 0 Å². The van der Waals surface area contributed by atoms with E-state index < -0.39 is 164 Å². The van der Waals surface area contributed by atoms with Crippen LogP contribution >= 0.6 is 0 Å². The molecule has 2 heterocycles. The molecule has 8 aliphatic carbocycles. The Morgan fingerprint density at radius 1 is 0.534 bits per heavy atom. The van der Waals surface area contributed by atoms with Crippen LogP contribution in [0.25, 0.3) is 0 Å². The summed E-state index contributed by atoms with van der Waals surface area (Å²) >= 11 is 0. The number of fused-ring (bicyclic) bond motifs is 10. The van der Waals surface area contributed by atoms with Crippen LogP contribution in [0, 0.1) is 51.2 Å². The van der Waals surface area contributed by atoms with Gasteiger partial charge >= 0.3 is 35.8 Å². The van der Waals surface area contributed by atoms with Crippen LogP contribution in [0.2, 0.25) is 0 Å². The van der Waals surface area contributed by atoms with Gasteiger partial charge in [0.25, 0.3) is 0 Å². The number of hydrogen-bond acceptors (Lipinski definition) is 21. The lowest BCUT2D eigenvalue weighted by Crippen LogP contribution is -2.81. The SMILES string of the molecule is CC(=O)O[C@@]12CO[C@@H]1C[C@H](C)[C@@]1(C)C(=O)[C@H](OC(=O)C3CC3)C3=C(C)[C@@H](O)C[C@@](O)([C@@H](OC(=O)c4ccccc4)C12)C3(C)C.CC(=O)O[C@@]12CO[C@@H]1C[C@H](O)[C@@]1(C)C(=O)[C@H](OC(=O)C3CC3)C3=C(C)[C@@H](O)C[C@@](O)([C@@H](OC(=O)c4ccccc4)C12)C3(C)C. The molecule has 6 saturated carbocycles. The molecule has 10 aliphatic rings. The predicted molar refractivity (Wildman–Crippen MR) is 307 cm³/mol. The summed E-state index contributed by atoms with van der Waals surface area (Å²) in [5.41, 5.74) is -11.5. The quantitative estimate of drug-likeness (QED) is 0.114. The maximum Gasteiger partial charge on any atom is 0.338 e. The van der Waals surface area contributed by atoms with Crippen LogP contribution in [0.4, 0.5) is 0 Å². The number of carbonyl (C=O) groups excluding carboxylic acids is 8. The van der Waals surface area contributed by atoms with E-state index in [1.807, 2.05) is 6.92 Å². The van der Waals surface area contributed by atoms with Crippen molar-refractivity contribution in [3.8, 4) is 0 Å². The van der Waals surface area contributed by atoms with E-state index in [-0.39, 0.29) is 61.0 Å². The van der Waals surface area contributed by atoms with Crippen molar-refractivity contribution in [2.75, 3.05) is 13.2 Å². The van der Waals surface area contributed by atoms with E-state index in [9.17, 15) is 54.3 Å². The normalized spacial score (nSPS) is 40.8. The molecule has 476 valence electrons. The third kappa shape index (κ3) is 9.38. The van der Waals surface area contributed by atoms with Gasteiger partial charge in [0.2, 0.25) is 0 Å². The highest BCUT2D eigenvalue weighted by Gasteiger charge is 2.80. The molecule has 2 aliphatic heterocycles. The van der Waals surface area contributed by atoms with Crippen molar-refractivity contribution in [2.24, 2.45) is 51.2 Å². The Balaban J connectivity index is 0.000000182. The van der Waals surface area contributed by atoms with Crippen molar-refractivity contribution in [1.29, 1.82) is 0 Å². The van der Waals surface area contributed by atoms with Gasteiger partial charge in [0.15, 0.2) is 35.0 Å². The smallest absolute Gasteiger partial charge is 0.338 e. The molecule has 2 saturated heterocycles. The average molecular weight is 1220 g/mol. The van der Waals surface area contributed by atoms with Gasteiger partial charge in [0.1, 0.15) is 35.6 Å². The summed E-state index contributed by atoms with van der Waals surface area (Å²) in [7, 11) is 0. The molecule has 0 aromatic heterocycles. The number of benzene rings is 2. The molecule has 5 N–H and O–H groups in total. The molecule has 0 spiro atoms. The Morgan fingerprint density at radius 2 is 0.898 bits per heavy atom. The number of aliphatic hydroxyl groups is 5. The van der Waals surface area contributed by atoms with E-state index in [0.717, 1.165) is 0 Å². The van der Waals surface area contributed by atoms with Gasteiger partial charge in [-0.25, -0.2) is 9.59 Å². The van der Waals surface area contributed by atoms with Crippen molar-refractivity contribution in [3.63, 3.8) is 0 Å². The van der Waals surface area contributed by atoms with E-state index in [1.165, 1.54) is 32.9 Å². The second kappa shape index (κ2) is 21.8. The van der Waals surface area contributed by atoms with Gasteiger partial charge in [-0.3, -0.25) is 28.8 Å². The fourth-order valence-electron chi connectivity index (χ4n) is 16.8. The zero-order chi connectivity index (χ0) is 64.0. The number of aliphatic hydroxyl groups excluding tert-OH is 3. The summed E-state index contributed by atoms with van der Waals surface area (Å²) in [5, 5.41) is 60.7. The lowest BCUT2D eigenvalue weighted by atomic mass is 9.43. The van der Waals surface area contributed by atoms with Crippen LogP contribution in [-0.2, 0) is 66.7 Å². The molecule has 2 aromatic carbocycles. The molecule has 2 aromatic rings. The largest absolute Gasteiger partial charge is 0.455 e. The molecule has 8 fully saturated rings. The highest BCUT2D eigenvalue weighted by atomic mass is 16.6. The van der Waals surface area contributed by atoms with E-state index in [4.69, 9.17) is 37.9 Å². The number of carbonyl (C=O) groups is 8. The van der Waals surface area contributed by atoms with Crippen LogP contribution in [0.15, 0.2) is 83.0 Å². The number of Topliss-reactive ketones (excluding diaryl/α,β-unsaturated/α-hetero) is 2. The second-order valence-corrected chi connectivity index (χ2v) is 28.1. The van der Waals surface area contributed by atoms with Crippen molar-refractivity contribution in [2.45, 2.75) is 205 Å². The predicted octanol–water partition coefficient (Wildman–Crippen LogP) is 5.36. The van der Waals surface area contributed by atoms with Gasteiger partial charge in [0, 0.05) is 49.4 Å². The fourth-order valence-corrected chi connectivity index (χ4v) is 16.8. The topological polar surface area (TPSA) is 312 Å². The third-order valence-electron chi connectivity index (χ3n) is 22.6. The summed E-state index contributed by atoms with van der Waals surface area (Å²) in [6.45, 7) is 17.3. The molecule has 18 atom stereocenters. The Labute approximate surface area is 510 Å². The molecule has 0 radical (unpaired) electrons. The minimum atomic E-state index is -2.10. The van der Waals surface area contributed by atoms with Crippen LogP contribution < -0.4 is 0 Å². The minimum Gasteiger partial charge on any atom is -0.455 e. The Hall–Kier alpha value is -6.20. The molecule has 12 rings (SSSR count). The number of ketones is 2. The maximum atomic E-state index is 15.2. The molecular formula is C67H82O21. The first-order valence-electron chi connectivity index (χ1n) is 30.7. The van der Waals surface area contributed by atoms with Gasteiger partial charge < -0.3 is 63.4 Å². The fraction of sp³-hybridized carbons (Fsp3) is 0.642.